The van der Waals surface area contributed by atoms with Gasteiger partial charge >= 0.3 is 12.1 Å². The first-order valence-electron chi connectivity index (χ1n) is 4.44. The Bertz CT molecular complexity index is 392. The summed E-state index contributed by atoms with van der Waals surface area (Å²) in [4.78, 5) is 10.7. The zero-order valence-corrected chi connectivity index (χ0v) is 9.06. The summed E-state index contributed by atoms with van der Waals surface area (Å²) in [5.41, 5.74) is 0.519. The van der Waals surface area contributed by atoms with Gasteiger partial charge in [-0.3, -0.25) is 4.79 Å². The molecule has 1 atom stereocenters. The van der Waals surface area contributed by atoms with Gasteiger partial charge in [0.05, 0.1) is 6.04 Å². The van der Waals surface area contributed by atoms with Gasteiger partial charge in [-0.1, -0.05) is 23.7 Å². The smallest absolute Gasteiger partial charge is 0.342 e. The molecule has 1 rings (SSSR count). The Balaban J connectivity index is 2.73. The molecule has 1 amide bonds. The van der Waals surface area contributed by atoms with E-state index in [4.69, 9.17) is 11.6 Å². The highest BCUT2D eigenvalue weighted by Crippen LogP contribution is 2.20. The SMILES string of the molecule is C[C@@H](NC(=O)C(F)(F)F)c1cccc(Cl)c1. The summed E-state index contributed by atoms with van der Waals surface area (Å²) in [6, 6.07) is 5.56. The van der Waals surface area contributed by atoms with Crippen LogP contribution in [-0.2, 0) is 4.79 Å². The molecule has 0 aliphatic heterocycles. The number of hydrogen-bond donors (Lipinski definition) is 1. The molecule has 0 heterocycles. The molecule has 0 spiro atoms. The largest absolute Gasteiger partial charge is 0.471 e. The highest BCUT2D eigenvalue weighted by atomic mass is 35.5. The van der Waals surface area contributed by atoms with E-state index in [-0.39, 0.29) is 0 Å². The lowest BCUT2D eigenvalue weighted by Gasteiger charge is -2.15. The summed E-state index contributed by atoms with van der Waals surface area (Å²) in [7, 11) is 0. The Hall–Kier alpha value is -1.23. The summed E-state index contributed by atoms with van der Waals surface area (Å²) >= 11 is 5.68. The van der Waals surface area contributed by atoms with Crippen molar-refractivity contribution in [3.63, 3.8) is 0 Å². The molecule has 1 aromatic rings. The van der Waals surface area contributed by atoms with Crippen molar-refractivity contribution < 1.29 is 18.0 Å². The second kappa shape index (κ2) is 4.74. The zero-order chi connectivity index (χ0) is 12.3. The maximum atomic E-state index is 12.0. The standard InChI is InChI=1S/C10H9ClF3NO/c1-6(15-9(16)10(12,13)14)7-3-2-4-8(11)5-7/h2-6H,1H3,(H,15,16)/t6-/m1/s1. The summed E-state index contributed by atoms with van der Waals surface area (Å²) in [6.07, 6.45) is -4.87. The number of carbonyl (C=O) groups excluding carboxylic acids is 1. The number of carbonyl (C=O) groups is 1. The molecule has 0 radical (unpaired) electrons. The molecule has 1 aromatic carbocycles. The molecule has 0 bridgehead atoms. The maximum Gasteiger partial charge on any atom is 0.471 e. The molecule has 0 aliphatic carbocycles. The van der Waals surface area contributed by atoms with Crippen LogP contribution < -0.4 is 5.32 Å². The number of halogens is 4. The van der Waals surface area contributed by atoms with Gasteiger partial charge in [0.25, 0.3) is 0 Å². The molecular weight excluding hydrogens is 243 g/mol. The Morgan fingerprint density at radius 1 is 1.44 bits per heavy atom. The lowest BCUT2D eigenvalue weighted by Crippen LogP contribution is -2.38. The van der Waals surface area contributed by atoms with Crippen molar-refractivity contribution in [2.75, 3.05) is 0 Å². The Kier molecular flexibility index (Phi) is 3.80. The third-order valence-electron chi connectivity index (χ3n) is 1.95. The average molecular weight is 252 g/mol. The zero-order valence-electron chi connectivity index (χ0n) is 8.31. The fraction of sp³-hybridized carbons (Fsp3) is 0.300. The van der Waals surface area contributed by atoms with Crippen LogP contribution in [0.15, 0.2) is 24.3 Å². The van der Waals surface area contributed by atoms with Crippen LogP contribution in [0.2, 0.25) is 5.02 Å². The molecular formula is C10H9ClF3NO. The third-order valence-corrected chi connectivity index (χ3v) is 2.19. The summed E-state index contributed by atoms with van der Waals surface area (Å²) in [5, 5.41) is 2.25. The number of amides is 1. The molecule has 0 saturated carbocycles. The van der Waals surface area contributed by atoms with Crippen LogP contribution >= 0.6 is 11.6 Å². The predicted molar refractivity (Wildman–Crippen MR) is 54.1 cm³/mol. The summed E-state index contributed by atoms with van der Waals surface area (Å²) < 4.78 is 35.9. The van der Waals surface area contributed by atoms with E-state index >= 15 is 0 Å². The van der Waals surface area contributed by atoms with E-state index in [0.29, 0.717) is 10.6 Å². The van der Waals surface area contributed by atoms with E-state index in [1.54, 1.807) is 18.2 Å². The highest BCUT2D eigenvalue weighted by Gasteiger charge is 2.39. The first-order valence-corrected chi connectivity index (χ1v) is 4.81. The van der Waals surface area contributed by atoms with Gasteiger partial charge in [0.2, 0.25) is 0 Å². The van der Waals surface area contributed by atoms with Crippen LogP contribution in [0.3, 0.4) is 0 Å². The molecule has 0 aliphatic rings. The average Bonchev–Trinajstić information content (AvgIpc) is 2.16. The lowest BCUT2D eigenvalue weighted by molar-refractivity contribution is -0.174. The number of rotatable bonds is 2. The van der Waals surface area contributed by atoms with Crippen LogP contribution in [0.4, 0.5) is 13.2 Å². The molecule has 6 heteroatoms. The third kappa shape index (κ3) is 3.41. The van der Waals surface area contributed by atoms with Crippen molar-refractivity contribution in [1.82, 2.24) is 5.32 Å². The van der Waals surface area contributed by atoms with Crippen molar-refractivity contribution in [2.24, 2.45) is 0 Å². The number of hydrogen-bond acceptors (Lipinski definition) is 1. The monoisotopic (exact) mass is 251 g/mol. The minimum Gasteiger partial charge on any atom is -0.342 e. The molecule has 0 aromatic heterocycles. The van der Waals surface area contributed by atoms with E-state index in [1.807, 2.05) is 5.32 Å². The van der Waals surface area contributed by atoms with Gasteiger partial charge in [-0.2, -0.15) is 13.2 Å². The maximum absolute atomic E-state index is 12.0. The van der Waals surface area contributed by atoms with Crippen molar-refractivity contribution >= 4 is 17.5 Å². The first kappa shape index (κ1) is 12.8. The van der Waals surface area contributed by atoms with Crippen molar-refractivity contribution in [3.8, 4) is 0 Å². The fourth-order valence-corrected chi connectivity index (χ4v) is 1.34. The quantitative estimate of drug-likeness (QED) is 0.860. The molecule has 16 heavy (non-hydrogen) atoms. The van der Waals surface area contributed by atoms with E-state index in [2.05, 4.69) is 0 Å². The van der Waals surface area contributed by atoms with Crippen LogP contribution in [0, 0.1) is 0 Å². The van der Waals surface area contributed by atoms with E-state index in [0.717, 1.165) is 0 Å². The van der Waals surface area contributed by atoms with Gasteiger partial charge in [-0.25, -0.2) is 0 Å². The second-order valence-electron chi connectivity index (χ2n) is 3.25. The number of nitrogens with one attached hydrogen (secondary N) is 1. The topological polar surface area (TPSA) is 29.1 Å². The lowest BCUT2D eigenvalue weighted by atomic mass is 10.1. The predicted octanol–water partition coefficient (Wildman–Crippen LogP) is 3.08. The van der Waals surface area contributed by atoms with Gasteiger partial charge in [0.1, 0.15) is 0 Å². The van der Waals surface area contributed by atoms with E-state index in [9.17, 15) is 18.0 Å². The minimum absolute atomic E-state index is 0.408. The summed E-state index contributed by atoms with van der Waals surface area (Å²) in [6.45, 7) is 1.45. The van der Waals surface area contributed by atoms with Crippen LogP contribution in [0.25, 0.3) is 0 Å². The number of alkyl halides is 3. The van der Waals surface area contributed by atoms with Gasteiger partial charge < -0.3 is 5.32 Å². The fourth-order valence-electron chi connectivity index (χ4n) is 1.14. The van der Waals surface area contributed by atoms with Crippen LogP contribution in [0.1, 0.15) is 18.5 Å². The second-order valence-corrected chi connectivity index (χ2v) is 3.68. The normalized spacial score (nSPS) is 13.3. The van der Waals surface area contributed by atoms with Crippen LogP contribution in [0.5, 0.6) is 0 Å². The van der Waals surface area contributed by atoms with Crippen molar-refractivity contribution in [3.05, 3.63) is 34.9 Å². The Morgan fingerprint density at radius 3 is 2.56 bits per heavy atom. The number of benzene rings is 1. The summed E-state index contributed by atoms with van der Waals surface area (Å²) in [5.74, 6) is -1.96. The first-order chi connectivity index (χ1) is 7.30. The van der Waals surface area contributed by atoms with Gasteiger partial charge in [0.15, 0.2) is 0 Å². The molecule has 0 fully saturated rings. The minimum atomic E-state index is -4.87. The van der Waals surface area contributed by atoms with E-state index < -0.39 is 18.1 Å². The van der Waals surface area contributed by atoms with Crippen molar-refractivity contribution in [1.29, 1.82) is 0 Å². The van der Waals surface area contributed by atoms with Gasteiger partial charge in [-0.05, 0) is 24.6 Å². The Morgan fingerprint density at radius 2 is 2.06 bits per heavy atom. The van der Waals surface area contributed by atoms with Crippen LogP contribution in [-0.4, -0.2) is 12.1 Å². The molecule has 88 valence electrons. The van der Waals surface area contributed by atoms with Crippen molar-refractivity contribution in [2.45, 2.75) is 19.1 Å². The van der Waals surface area contributed by atoms with Gasteiger partial charge in [0, 0.05) is 5.02 Å². The van der Waals surface area contributed by atoms with E-state index in [1.165, 1.54) is 13.0 Å². The molecule has 0 saturated heterocycles. The molecule has 0 unspecified atom stereocenters. The highest BCUT2D eigenvalue weighted by molar-refractivity contribution is 6.30. The molecule has 2 nitrogen and oxygen atoms in total. The van der Waals surface area contributed by atoms with Gasteiger partial charge in [-0.15, -0.1) is 0 Å². The Labute approximate surface area is 95.4 Å². The molecule has 1 N–H and O–H groups in total.